The summed E-state index contributed by atoms with van der Waals surface area (Å²) in [7, 11) is 3.28. The Bertz CT molecular complexity index is 280. The molecule has 2 amide bonds. The van der Waals surface area contributed by atoms with Crippen LogP contribution in [0.2, 0.25) is 0 Å². The summed E-state index contributed by atoms with van der Waals surface area (Å²) in [5.74, 6) is 10.9. The van der Waals surface area contributed by atoms with E-state index in [4.69, 9.17) is 11.7 Å². The van der Waals surface area contributed by atoms with Crippen LogP contribution in [0.1, 0.15) is 51.9 Å². The summed E-state index contributed by atoms with van der Waals surface area (Å²) in [4.78, 5) is 22.5. The van der Waals surface area contributed by atoms with E-state index in [0.29, 0.717) is 6.42 Å². The van der Waals surface area contributed by atoms with Crippen molar-refractivity contribution >= 4 is 33.4 Å². The number of amides is 2. The molecule has 0 saturated heterocycles. The lowest BCUT2D eigenvalue weighted by Crippen LogP contribution is -2.37. The summed E-state index contributed by atoms with van der Waals surface area (Å²) in [5, 5.41) is -0.0760. The zero-order valence-electron chi connectivity index (χ0n) is 12.0. The van der Waals surface area contributed by atoms with Crippen LogP contribution in [-0.2, 0) is 9.59 Å². The van der Waals surface area contributed by atoms with Gasteiger partial charge in [0.2, 0.25) is 11.8 Å². The second-order valence-electron chi connectivity index (χ2n) is 4.44. The highest BCUT2D eigenvalue weighted by Crippen LogP contribution is 2.31. The standard InChI is InChI=1S/C12H26N4O2S2/c1-2-3-7-10(12(18)16-14)20-19-9-6-4-5-8-11(17)15-13/h10H,2-9,13-14H2,1H3,(H,15,17)(H,16,18). The molecule has 8 heteroatoms. The number of rotatable bonds is 12. The molecule has 118 valence electrons. The molecular weight excluding hydrogens is 296 g/mol. The summed E-state index contributed by atoms with van der Waals surface area (Å²) in [6, 6.07) is 0. The van der Waals surface area contributed by atoms with Gasteiger partial charge in [-0.2, -0.15) is 0 Å². The van der Waals surface area contributed by atoms with Crippen molar-refractivity contribution in [1.29, 1.82) is 0 Å². The number of carbonyl (C=O) groups excluding carboxylic acids is 2. The quantitative estimate of drug-likeness (QED) is 0.142. The van der Waals surface area contributed by atoms with Crippen molar-refractivity contribution in [2.75, 3.05) is 5.75 Å². The fourth-order valence-corrected chi connectivity index (χ4v) is 4.22. The monoisotopic (exact) mass is 322 g/mol. The molecule has 1 atom stereocenters. The molecule has 0 fully saturated rings. The highest BCUT2D eigenvalue weighted by atomic mass is 33.1. The molecular formula is C12H26N4O2S2. The SMILES string of the molecule is CCCCC(SSCCCCCC(=O)NN)C(=O)NN. The first kappa shape index (κ1) is 19.6. The van der Waals surface area contributed by atoms with Gasteiger partial charge in [-0.1, -0.05) is 47.8 Å². The Balaban J connectivity index is 3.62. The molecule has 0 spiro atoms. The molecule has 0 aromatic carbocycles. The Kier molecular flexibility index (Phi) is 13.2. The van der Waals surface area contributed by atoms with Crippen molar-refractivity contribution in [3.8, 4) is 0 Å². The topological polar surface area (TPSA) is 110 Å². The minimum absolute atomic E-state index is 0.0760. The van der Waals surface area contributed by atoms with Gasteiger partial charge >= 0.3 is 0 Å². The zero-order valence-corrected chi connectivity index (χ0v) is 13.7. The average molecular weight is 322 g/mol. The summed E-state index contributed by atoms with van der Waals surface area (Å²) in [5.41, 5.74) is 4.34. The molecule has 0 aromatic rings. The second-order valence-corrected chi connectivity index (χ2v) is 7.13. The van der Waals surface area contributed by atoms with Crippen LogP contribution in [-0.4, -0.2) is 22.8 Å². The van der Waals surface area contributed by atoms with E-state index in [1.165, 1.54) is 0 Å². The highest BCUT2D eigenvalue weighted by molar-refractivity contribution is 8.77. The number of hydrogen-bond donors (Lipinski definition) is 4. The molecule has 0 aromatic heterocycles. The summed E-state index contributed by atoms with van der Waals surface area (Å²) in [6.45, 7) is 2.10. The molecule has 1 unspecified atom stereocenters. The fourth-order valence-electron chi connectivity index (χ4n) is 1.53. The summed E-state index contributed by atoms with van der Waals surface area (Å²) < 4.78 is 0. The van der Waals surface area contributed by atoms with Crippen molar-refractivity contribution in [3.63, 3.8) is 0 Å². The predicted octanol–water partition coefficient (Wildman–Crippen LogP) is 1.47. The Labute approximate surface area is 128 Å². The number of carbonyl (C=O) groups is 2. The maximum Gasteiger partial charge on any atom is 0.247 e. The van der Waals surface area contributed by atoms with E-state index in [-0.39, 0.29) is 17.1 Å². The van der Waals surface area contributed by atoms with E-state index in [2.05, 4.69) is 17.8 Å². The Morgan fingerprint density at radius 3 is 2.45 bits per heavy atom. The van der Waals surface area contributed by atoms with Crippen LogP contribution >= 0.6 is 21.6 Å². The Hall–Kier alpha value is -0.440. The first-order valence-electron chi connectivity index (χ1n) is 6.93. The molecule has 0 radical (unpaired) electrons. The fraction of sp³-hybridized carbons (Fsp3) is 0.833. The first-order valence-corrected chi connectivity index (χ1v) is 9.32. The third kappa shape index (κ3) is 10.4. The van der Waals surface area contributed by atoms with E-state index in [9.17, 15) is 9.59 Å². The maximum absolute atomic E-state index is 11.6. The van der Waals surface area contributed by atoms with Gasteiger partial charge in [0.05, 0.1) is 5.25 Å². The van der Waals surface area contributed by atoms with Crippen LogP contribution in [0.5, 0.6) is 0 Å². The molecule has 0 rings (SSSR count). The summed E-state index contributed by atoms with van der Waals surface area (Å²) in [6.07, 6.45) is 6.29. The third-order valence-corrected chi connectivity index (χ3v) is 5.61. The maximum atomic E-state index is 11.6. The lowest BCUT2D eigenvalue weighted by molar-refractivity contribution is -0.121. The van der Waals surface area contributed by atoms with Crippen molar-refractivity contribution in [1.82, 2.24) is 10.9 Å². The number of hydrogen-bond acceptors (Lipinski definition) is 6. The van der Waals surface area contributed by atoms with Gasteiger partial charge in [0.1, 0.15) is 0 Å². The van der Waals surface area contributed by atoms with Gasteiger partial charge in [-0.25, -0.2) is 11.7 Å². The third-order valence-electron chi connectivity index (χ3n) is 2.73. The molecule has 6 nitrogen and oxygen atoms in total. The van der Waals surface area contributed by atoms with Crippen LogP contribution in [0, 0.1) is 0 Å². The number of unbranched alkanes of at least 4 members (excludes halogenated alkanes) is 3. The Morgan fingerprint density at radius 2 is 1.85 bits per heavy atom. The number of nitrogens with one attached hydrogen (secondary N) is 2. The molecule has 6 N–H and O–H groups in total. The number of nitrogens with two attached hydrogens (primary N) is 2. The molecule has 20 heavy (non-hydrogen) atoms. The normalized spacial score (nSPS) is 11.9. The van der Waals surface area contributed by atoms with Gasteiger partial charge in [0, 0.05) is 12.2 Å². The first-order chi connectivity index (χ1) is 9.65. The largest absolute Gasteiger partial charge is 0.294 e. The van der Waals surface area contributed by atoms with Gasteiger partial charge in [-0.3, -0.25) is 20.4 Å². The minimum Gasteiger partial charge on any atom is -0.294 e. The summed E-state index contributed by atoms with van der Waals surface area (Å²) >= 11 is 0. The van der Waals surface area contributed by atoms with Gasteiger partial charge in [0.15, 0.2) is 0 Å². The van der Waals surface area contributed by atoms with Crippen LogP contribution in [0.15, 0.2) is 0 Å². The van der Waals surface area contributed by atoms with Crippen LogP contribution < -0.4 is 22.5 Å². The van der Waals surface area contributed by atoms with E-state index in [0.717, 1.165) is 44.3 Å². The zero-order chi connectivity index (χ0) is 15.2. The van der Waals surface area contributed by atoms with E-state index in [1.807, 2.05) is 0 Å². The predicted molar refractivity (Wildman–Crippen MR) is 86.5 cm³/mol. The second kappa shape index (κ2) is 13.5. The number of hydrazine groups is 2. The highest BCUT2D eigenvalue weighted by Gasteiger charge is 2.17. The molecule has 0 aliphatic carbocycles. The smallest absolute Gasteiger partial charge is 0.247 e. The van der Waals surface area contributed by atoms with E-state index >= 15 is 0 Å². The Morgan fingerprint density at radius 1 is 1.10 bits per heavy atom. The molecule has 0 bridgehead atoms. The minimum atomic E-state index is -0.119. The van der Waals surface area contributed by atoms with Gasteiger partial charge in [-0.05, 0) is 19.3 Å². The van der Waals surface area contributed by atoms with Gasteiger partial charge in [-0.15, -0.1) is 0 Å². The van der Waals surface area contributed by atoms with Crippen LogP contribution in [0.4, 0.5) is 0 Å². The molecule has 0 saturated carbocycles. The van der Waals surface area contributed by atoms with Crippen molar-refractivity contribution in [2.45, 2.75) is 57.1 Å². The van der Waals surface area contributed by atoms with Crippen LogP contribution in [0.25, 0.3) is 0 Å². The van der Waals surface area contributed by atoms with E-state index < -0.39 is 0 Å². The van der Waals surface area contributed by atoms with Gasteiger partial charge in [0.25, 0.3) is 0 Å². The van der Waals surface area contributed by atoms with Crippen molar-refractivity contribution in [2.24, 2.45) is 11.7 Å². The van der Waals surface area contributed by atoms with Gasteiger partial charge < -0.3 is 0 Å². The van der Waals surface area contributed by atoms with Crippen molar-refractivity contribution < 1.29 is 9.59 Å². The molecule has 0 heterocycles. The molecule has 0 aliphatic heterocycles. The molecule has 0 aliphatic rings. The van der Waals surface area contributed by atoms with Crippen LogP contribution in [0.3, 0.4) is 0 Å². The lowest BCUT2D eigenvalue weighted by Gasteiger charge is -2.13. The van der Waals surface area contributed by atoms with E-state index in [1.54, 1.807) is 21.6 Å². The lowest BCUT2D eigenvalue weighted by atomic mass is 10.2. The van der Waals surface area contributed by atoms with Crippen molar-refractivity contribution in [3.05, 3.63) is 0 Å². The average Bonchev–Trinajstić information content (AvgIpc) is 2.48.